The van der Waals surface area contributed by atoms with Crippen LogP contribution in [-0.2, 0) is 12.0 Å². The summed E-state index contributed by atoms with van der Waals surface area (Å²) in [5.74, 6) is 0.703. The first-order valence-electron chi connectivity index (χ1n) is 11.1. The standard InChI is InChI=1S/C26H23ClN6O2/c1-26(2,3)25-32-24(35-33-25)23(34)29-14-17-10-9-16(13-19(17)27)18-11-12-28-22-20(18)30-21(31-22)15-7-5-4-6-8-15/h4-13H,14H2,1-3H3,(H,29,34)(H,28,30,31). The topological polar surface area (TPSA) is 110 Å². The summed E-state index contributed by atoms with van der Waals surface area (Å²) in [6, 6.07) is 17.5. The maximum atomic E-state index is 12.5. The molecule has 8 nitrogen and oxygen atoms in total. The van der Waals surface area contributed by atoms with Crippen molar-refractivity contribution in [1.29, 1.82) is 0 Å². The number of hydrogen-bond acceptors (Lipinski definition) is 6. The van der Waals surface area contributed by atoms with Crippen LogP contribution < -0.4 is 5.32 Å². The molecule has 0 spiro atoms. The number of rotatable bonds is 5. The van der Waals surface area contributed by atoms with Crippen LogP contribution in [0.2, 0.25) is 5.02 Å². The molecule has 0 unspecified atom stereocenters. The third kappa shape index (κ3) is 4.65. The van der Waals surface area contributed by atoms with Gasteiger partial charge in [0.2, 0.25) is 0 Å². The molecule has 3 heterocycles. The van der Waals surface area contributed by atoms with Gasteiger partial charge < -0.3 is 14.8 Å². The summed E-state index contributed by atoms with van der Waals surface area (Å²) in [5.41, 5.74) is 4.74. The first-order valence-corrected chi connectivity index (χ1v) is 11.5. The zero-order valence-electron chi connectivity index (χ0n) is 19.5. The number of aromatic amines is 1. The Bertz CT molecular complexity index is 1520. The van der Waals surface area contributed by atoms with Crippen LogP contribution >= 0.6 is 11.6 Å². The van der Waals surface area contributed by atoms with E-state index in [2.05, 4.69) is 30.4 Å². The first kappa shape index (κ1) is 22.7. The minimum absolute atomic E-state index is 0.0738. The van der Waals surface area contributed by atoms with Gasteiger partial charge in [-0.2, -0.15) is 4.98 Å². The van der Waals surface area contributed by atoms with Crippen molar-refractivity contribution in [1.82, 2.24) is 30.4 Å². The molecule has 2 aromatic carbocycles. The number of nitrogens with zero attached hydrogens (tertiary/aromatic N) is 4. The number of imidazole rings is 1. The van der Waals surface area contributed by atoms with Crippen molar-refractivity contribution < 1.29 is 9.32 Å². The molecule has 0 aliphatic rings. The summed E-state index contributed by atoms with van der Waals surface area (Å²) in [4.78, 5) is 29.1. The molecule has 2 N–H and O–H groups in total. The van der Waals surface area contributed by atoms with Gasteiger partial charge in [-0.3, -0.25) is 4.79 Å². The molecular formula is C26H23ClN6O2. The summed E-state index contributed by atoms with van der Waals surface area (Å²) in [6.07, 6.45) is 1.73. The lowest BCUT2D eigenvalue weighted by atomic mass is 9.96. The van der Waals surface area contributed by atoms with Crippen molar-refractivity contribution in [2.24, 2.45) is 0 Å². The summed E-state index contributed by atoms with van der Waals surface area (Å²) in [5, 5.41) is 7.20. The fourth-order valence-electron chi connectivity index (χ4n) is 3.61. The van der Waals surface area contributed by atoms with Gasteiger partial charge in [-0.15, -0.1) is 0 Å². The van der Waals surface area contributed by atoms with Crippen molar-refractivity contribution in [3.8, 4) is 22.5 Å². The number of hydrogen-bond donors (Lipinski definition) is 2. The van der Waals surface area contributed by atoms with E-state index >= 15 is 0 Å². The Kier molecular flexibility index (Phi) is 5.82. The first-order chi connectivity index (χ1) is 16.8. The second kappa shape index (κ2) is 8.96. The average molecular weight is 487 g/mol. The van der Waals surface area contributed by atoms with E-state index in [0.29, 0.717) is 16.5 Å². The quantitative estimate of drug-likeness (QED) is 0.336. The summed E-state index contributed by atoms with van der Waals surface area (Å²) >= 11 is 6.58. The molecule has 176 valence electrons. The average Bonchev–Trinajstić information content (AvgIpc) is 3.51. The third-order valence-electron chi connectivity index (χ3n) is 5.53. The number of aromatic nitrogens is 5. The van der Waals surface area contributed by atoms with Crippen LogP contribution in [0, 0.1) is 0 Å². The van der Waals surface area contributed by atoms with Gasteiger partial charge in [0.05, 0.1) is 5.52 Å². The van der Waals surface area contributed by atoms with Crippen molar-refractivity contribution >= 4 is 28.7 Å². The SMILES string of the molecule is CC(C)(C)c1noc(C(=O)NCc2ccc(-c3ccnc4nc(-c5ccccc5)[nH]c34)cc2Cl)n1. The van der Waals surface area contributed by atoms with E-state index < -0.39 is 5.91 Å². The van der Waals surface area contributed by atoms with E-state index in [1.165, 1.54) is 0 Å². The largest absolute Gasteiger partial charge is 0.344 e. The zero-order valence-corrected chi connectivity index (χ0v) is 20.2. The number of carbonyl (C=O) groups is 1. The predicted octanol–water partition coefficient (Wildman–Crippen LogP) is 5.56. The van der Waals surface area contributed by atoms with E-state index in [1.54, 1.807) is 6.20 Å². The summed E-state index contributed by atoms with van der Waals surface area (Å²) in [6.45, 7) is 6.06. The van der Waals surface area contributed by atoms with Gasteiger partial charge in [0.1, 0.15) is 5.82 Å². The molecule has 0 saturated carbocycles. The van der Waals surface area contributed by atoms with Gasteiger partial charge in [-0.1, -0.05) is 80.0 Å². The second-order valence-corrected chi connectivity index (χ2v) is 9.58. The fraction of sp³-hybridized carbons (Fsp3) is 0.192. The number of carbonyl (C=O) groups excluding carboxylic acids is 1. The molecule has 1 amide bonds. The number of nitrogens with one attached hydrogen (secondary N) is 2. The molecule has 35 heavy (non-hydrogen) atoms. The number of benzene rings is 2. The Labute approximate surface area is 206 Å². The van der Waals surface area contributed by atoms with E-state index in [4.69, 9.17) is 16.1 Å². The van der Waals surface area contributed by atoms with Crippen LogP contribution in [0.3, 0.4) is 0 Å². The summed E-state index contributed by atoms with van der Waals surface area (Å²) in [7, 11) is 0. The highest BCUT2D eigenvalue weighted by atomic mass is 35.5. The predicted molar refractivity (Wildman–Crippen MR) is 134 cm³/mol. The summed E-state index contributed by atoms with van der Waals surface area (Å²) < 4.78 is 5.10. The molecule has 3 aromatic heterocycles. The lowest BCUT2D eigenvalue weighted by Crippen LogP contribution is -2.23. The molecule has 0 fully saturated rings. The molecule has 5 aromatic rings. The lowest BCUT2D eigenvalue weighted by Gasteiger charge is -2.11. The van der Waals surface area contributed by atoms with Crippen LogP contribution in [0.25, 0.3) is 33.7 Å². The zero-order chi connectivity index (χ0) is 24.6. The van der Waals surface area contributed by atoms with Gasteiger partial charge in [-0.25, -0.2) is 9.97 Å². The maximum absolute atomic E-state index is 12.5. The van der Waals surface area contributed by atoms with Crippen LogP contribution in [0.15, 0.2) is 65.3 Å². The number of H-pyrrole nitrogens is 1. The number of halogens is 1. The molecule has 0 radical (unpaired) electrons. The smallest absolute Gasteiger partial charge is 0.315 e. The van der Waals surface area contributed by atoms with E-state index in [-0.39, 0.29) is 17.9 Å². The van der Waals surface area contributed by atoms with Crippen molar-refractivity contribution in [3.63, 3.8) is 0 Å². The van der Waals surface area contributed by atoms with Gasteiger partial charge in [0.25, 0.3) is 0 Å². The Morgan fingerprint density at radius 2 is 1.86 bits per heavy atom. The Morgan fingerprint density at radius 1 is 1.06 bits per heavy atom. The molecular weight excluding hydrogens is 464 g/mol. The second-order valence-electron chi connectivity index (χ2n) is 9.17. The van der Waals surface area contributed by atoms with Gasteiger partial charge in [-0.05, 0) is 23.3 Å². The van der Waals surface area contributed by atoms with Gasteiger partial charge in [0.15, 0.2) is 11.5 Å². The third-order valence-corrected chi connectivity index (χ3v) is 5.89. The Hall–Kier alpha value is -4.04. The van der Waals surface area contributed by atoms with Crippen molar-refractivity contribution in [2.45, 2.75) is 32.7 Å². The van der Waals surface area contributed by atoms with E-state index in [1.807, 2.05) is 75.4 Å². The fourth-order valence-corrected chi connectivity index (χ4v) is 3.86. The van der Waals surface area contributed by atoms with Crippen LogP contribution in [-0.4, -0.2) is 31.0 Å². The van der Waals surface area contributed by atoms with E-state index in [9.17, 15) is 4.79 Å². The molecule has 0 atom stereocenters. The monoisotopic (exact) mass is 486 g/mol. The normalized spacial score (nSPS) is 11.7. The van der Waals surface area contributed by atoms with Crippen LogP contribution in [0.5, 0.6) is 0 Å². The number of fused-ring (bicyclic) bond motifs is 1. The minimum atomic E-state index is -0.449. The highest BCUT2D eigenvalue weighted by Crippen LogP contribution is 2.31. The molecule has 5 rings (SSSR count). The minimum Gasteiger partial charge on any atom is -0.344 e. The van der Waals surface area contributed by atoms with Gasteiger partial charge >= 0.3 is 11.8 Å². The molecule has 0 aliphatic carbocycles. The van der Waals surface area contributed by atoms with Crippen LogP contribution in [0.4, 0.5) is 0 Å². The highest BCUT2D eigenvalue weighted by molar-refractivity contribution is 6.31. The highest BCUT2D eigenvalue weighted by Gasteiger charge is 2.23. The Balaban J connectivity index is 1.36. The van der Waals surface area contributed by atoms with Gasteiger partial charge in [0, 0.05) is 34.3 Å². The molecule has 0 aliphatic heterocycles. The molecule has 0 bridgehead atoms. The Morgan fingerprint density at radius 3 is 2.57 bits per heavy atom. The molecule has 0 saturated heterocycles. The lowest BCUT2D eigenvalue weighted by molar-refractivity contribution is 0.0907. The number of amides is 1. The van der Waals surface area contributed by atoms with E-state index in [0.717, 1.165) is 33.6 Å². The number of pyridine rings is 1. The van der Waals surface area contributed by atoms with Crippen molar-refractivity contribution in [3.05, 3.63) is 83.1 Å². The van der Waals surface area contributed by atoms with Crippen LogP contribution in [0.1, 0.15) is 42.8 Å². The van der Waals surface area contributed by atoms with Crippen molar-refractivity contribution in [2.75, 3.05) is 0 Å². The molecule has 9 heteroatoms. The maximum Gasteiger partial charge on any atom is 0.315 e.